The van der Waals surface area contributed by atoms with Crippen LogP contribution in [0.3, 0.4) is 0 Å². The van der Waals surface area contributed by atoms with Gasteiger partial charge in [-0.15, -0.1) is 0 Å². The second kappa shape index (κ2) is 6.70. The van der Waals surface area contributed by atoms with Gasteiger partial charge in [-0.3, -0.25) is 9.59 Å². The van der Waals surface area contributed by atoms with E-state index in [9.17, 15) is 9.59 Å². The van der Waals surface area contributed by atoms with Gasteiger partial charge in [-0.2, -0.15) is 0 Å². The maximum absolute atomic E-state index is 12.2. The van der Waals surface area contributed by atoms with E-state index in [1.165, 1.54) is 7.11 Å². The molecule has 1 aliphatic rings. The van der Waals surface area contributed by atoms with Crippen LogP contribution in [0.4, 0.5) is 0 Å². The van der Waals surface area contributed by atoms with Crippen LogP contribution in [0, 0.1) is 0 Å². The van der Waals surface area contributed by atoms with Crippen molar-refractivity contribution in [3.63, 3.8) is 0 Å². The SMILES string of the molecule is C=C1CC(C=O)=C(C(=S)Cc2ccccc2)C(OC)C1=O. The molecule has 108 valence electrons. The average molecular weight is 300 g/mol. The van der Waals surface area contributed by atoms with E-state index in [2.05, 4.69) is 6.58 Å². The fourth-order valence-electron chi connectivity index (χ4n) is 2.43. The molecular weight excluding hydrogens is 284 g/mol. The van der Waals surface area contributed by atoms with E-state index in [1.54, 1.807) is 0 Å². The molecule has 0 aliphatic heterocycles. The van der Waals surface area contributed by atoms with Crippen molar-refractivity contribution in [2.24, 2.45) is 0 Å². The zero-order valence-electron chi connectivity index (χ0n) is 11.8. The molecule has 1 aliphatic carbocycles. The second-order valence-corrected chi connectivity index (χ2v) is 5.40. The number of allylic oxidation sites excluding steroid dienone is 1. The lowest BCUT2D eigenvalue weighted by Crippen LogP contribution is -2.35. The standard InChI is InChI=1S/C17H16O3S/c1-11-8-13(10-18)15(17(20-2)16(11)19)14(21)9-12-6-4-3-5-7-12/h3-7,10,17H,1,8-9H2,2H3. The summed E-state index contributed by atoms with van der Waals surface area (Å²) in [6, 6.07) is 9.69. The van der Waals surface area contributed by atoms with Crippen molar-refractivity contribution in [1.82, 2.24) is 0 Å². The molecule has 0 saturated heterocycles. The van der Waals surface area contributed by atoms with Crippen LogP contribution < -0.4 is 0 Å². The molecule has 1 aromatic carbocycles. The van der Waals surface area contributed by atoms with Gasteiger partial charge in [0.1, 0.15) is 12.4 Å². The summed E-state index contributed by atoms with van der Waals surface area (Å²) in [4.78, 5) is 24.0. The molecular formula is C17H16O3S. The summed E-state index contributed by atoms with van der Waals surface area (Å²) < 4.78 is 5.26. The first-order valence-electron chi connectivity index (χ1n) is 6.58. The molecule has 2 rings (SSSR count). The van der Waals surface area contributed by atoms with E-state index >= 15 is 0 Å². The third-order valence-electron chi connectivity index (χ3n) is 3.48. The van der Waals surface area contributed by atoms with Crippen molar-refractivity contribution in [3.8, 4) is 0 Å². The Morgan fingerprint density at radius 3 is 2.67 bits per heavy atom. The fourth-order valence-corrected chi connectivity index (χ4v) is 2.83. The lowest BCUT2D eigenvalue weighted by molar-refractivity contribution is -0.123. The fraction of sp³-hybridized carbons (Fsp3) is 0.235. The minimum atomic E-state index is -0.817. The molecule has 4 heteroatoms. The summed E-state index contributed by atoms with van der Waals surface area (Å²) in [7, 11) is 1.44. The number of Topliss-reactive ketones (excluding diaryl/α,β-unsaturated/α-hetero) is 1. The van der Waals surface area contributed by atoms with Crippen LogP contribution in [0.5, 0.6) is 0 Å². The molecule has 0 amide bonds. The van der Waals surface area contributed by atoms with Crippen LogP contribution in [-0.4, -0.2) is 30.1 Å². The first-order valence-corrected chi connectivity index (χ1v) is 6.99. The summed E-state index contributed by atoms with van der Waals surface area (Å²) in [6.45, 7) is 3.70. The normalized spacial score (nSPS) is 18.8. The zero-order valence-corrected chi connectivity index (χ0v) is 12.6. The lowest BCUT2D eigenvalue weighted by Gasteiger charge is -2.26. The molecule has 0 fully saturated rings. The molecule has 0 N–H and O–H groups in total. The number of carbonyl (C=O) groups is 2. The summed E-state index contributed by atoms with van der Waals surface area (Å²) in [5.74, 6) is -0.200. The van der Waals surface area contributed by atoms with Crippen LogP contribution in [-0.2, 0) is 20.7 Å². The predicted molar refractivity (Wildman–Crippen MR) is 85.4 cm³/mol. The monoisotopic (exact) mass is 300 g/mol. The number of aldehydes is 1. The van der Waals surface area contributed by atoms with Crippen molar-refractivity contribution in [3.05, 3.63) is 59.2 Å². The molecule has 0 radical (unpaired) electrons. The number of ether oxygens (including phenoxy) is 1. The number of hydrogen-bond acceptors (Lipinski definition) is 4. The number of carbonyl (C=O) groups excluding carboxylic acids is 2. The van der Waals surface area contributed by atoms with Crippen molar-refractivity contribution in [1.29, 1.82) is 0 Å². The van der Waals surface area contributed by atoms with Gasteiger partial charge in [-0.25, -0.2) is 0 Å². The molecule has 0 heterocycles. The minimum Gasteiger partial charge on any atom is -0.368 e. The van der Waals surface area contributed by atoms with Crippen molar-refractivity contribution >= 4 is 29.2 Å². The summed E-state index contributed by atoms with van der Waals surface area (Å²) in [6.07, 6.45) is 0.674. The van der Waals surface area contributed by atoms with Crippen molar-refractivity contribution in [2.75, 3.05) is 7.11 Å². The van der Waals surface area contributed by atoms with Crippen LogP contribution >= 0.6 is 12.2 Å². The van der Waals surface area contributed by atoms with Gasteiger partial charge in [0.15, 0.2) is 5.78 Å². The Labute approximate surface area is 129 Å². The molecule has 3 nitrogen and oxygen atoms in total. The largest absolute Gasteiger partial charge is 0.368 e. The first kappa shape index (κ1) is 15.5. The molecule has 0 aromatic heterocycles. The topological polar surface area (TPSA) is 43.4 Å². The van der Waals surface area contributed by atoms with Gasteiger partial charge < -0.3 is 4.74 Å². The number of benzene rings is 1. The number of ketones is 1. The zero-order chi connectivity index (χ0) is 15.4. The van der Waals surface area contributed by atoms with Crippen molar-refractivity contribution < 1.29 is 14.3 Å². The Bertz CT molecular complexity index is 629. The predicted octanol–water partition coefficient (Wildman–Crippen LogP) is 2.64. The van der Waals surface area contributed by atoms with E-state index in [1.807, 2.05) is 30.3 Å². The van der Waals surface area contributed by atoms with Crippen LogP contribution in [0.15, 0.2) is 53.6 Å². The quantitative estimate of drug-likeness (QED) is 0.476. The Balaban J connectivity index is 2.37. The highest BCUT2D eigenvalue weighted by molar-refractivity contribution is 7.80. The maximum Gasteiger partial charge on any atom is 0.191 e. The van der Waals surface area contributed by atoms with E-state index in [4.69, 9.17) is 17.0 Å². The molecule has 0 bridgehead atoms. The van der Waals surface area contributed by atoms with E-state index in [-0.39, 0.29) is 12.2 Å². The second-order valence-electron chi connectivity index (χ2n) is 4.90. The third-order valence-corrected chi connectivity index (χ3v) is 3.85. The summed E-state index contributed by atoms with van der Waals surface area (Å²) in [5.41, 5.74) is 2.44. The molecule has 0 saturated carbocycles. The van der Waals surface area contributed by atoms with E-state index in [0.717, 1.165) is 11.8 Å². The summed E-state index contributed by atoms with van der Waals surface area (Å²) in [5, 5.41) is 0. The minimum absolute atomic E-state index is 0.200. The van der Waals surface area contributed by atoms with Gasteiger partial charge in [-0.1, -0.05) is 49.1 Å². The van der Waals surface area contributed by atoms with E-state index < -0.39 is 6.10 Å². The smallest absolute Gasteiger partial charge is 0.191 e. The highest BCUT2D eigenvalue weighted by atomic mass is 32.1. The highest BCUT2D eigenvalue weighted by Gasteiger charge is 2.34. The lowest BCUT2D eigenvalue weighted by atomic mass is 9.83. The van der Waals surface area contributed by atoms with Crippen molar-refractivity contribution in [2.45, 2.75) is 18.9 Å². The van der Waals surface area contributed by atoms with Crippen LogP contribution in [0.1, 0.15) is 12.0 Å². The van der Waals surface area contributed by atoms with Gasteiger partial charge in [0.2, 0.25) is 0 Å². The number of rotatable bonds is 5. The molecule has 21 heavy (non-hydrogen) atoms. The first-order chi connectivity index (χ1) is 10.1. The molecule has 1 atom stereocenters. The summed E-state index contributed by atoms with van der Waals surface area (Å²) >= 11 is 5.46. The van der Waals surface area contributed by atoms with Crippen LogP contribution in [0.25, 0.3) is 0 Å². The highest BCUT2D eigenvalue weighted by Crippen LogP contribution is 2.28. The Hall–Kier alpha value is -1.91. The Morgan fingerprint density at radius 2 is 2.10 bits per heavy atom. The molecule has 1 aromatic rings. The van der Waals surface area contributed by atoms with E-state index in [0.29, 0.717) is 28.0 Å². The van der Waals surface area contributed by atoms with Gasteiger partial charge in [-0.05, 0) is 11.1 Å². The molecule has 1 unspecified atom stereocenters. The number of thiocarbonyl (C=S) groups is 1. The average Bonchev–Trinajstić information content (AvgIpc) is 2.50. The Morgan fingerprint density at radius 1 is 1.43 bits per heavy atom. The maximum atomic E-state index is 12.2. The number of methoxy groups -OCH3 is 1. The molecule has 0 spiro atoms. The third kappa shape index (κ3) is 3.23. The van der Waals surface area contributed by atoms with Crippen LogP contribution in [0.2, 0.25) is 0 Å². The van der Waals surface area contributed by atoms with Gasteiger partial charge in [0.05, 0.1) is 0 Å². The van der Waals surface area contributed by atoms with Gasteiger partial charge in [0, 0.05) is 36.0 Å². The Kier molecular flexibility index (Phi) is 4.94. The number of hydrogen-bond donors (Lipinski definition) is 0. The van der Waals surface area contributed by atoms with Gasteiger partial charge in [0.25, 0.3) is 0 Å². The van der Waals surface area contributed by atoms with Gasteiger partial charge >= 0.3 is 0 Å².